The highest BCUT2D eigenvalue weighted by Gasteiger charge is 1.99. The van der Waals surface area contributed by atoms with E-state index in [0.717, 1.165) is 0 Å². The van der Waals surface area contributed by atoms with Gasteiger partial charge in [-0.25, -0.2) is 4.79 Å². The Hall–Kier alpha value is -1.52. The Balaban J connectivity index is 3.60. The molecule has 0 aromatic heterocycles. The van der Waals surface area contributed by atoms with E-state index < -0.39 is 11.9 Å². The molecule has 0 bridgehead atoms. The average molecular weight is 173 g/mol. The number of nitrogens with two attached hydrogens (primary N) is 1. The first kappa shape index (κ1) is 10.5. The van der Waals surface area contributed by atoms with Crippen molar-refractivity contribution in [3.8, 4) is 0 Å². The standard InChI is InChI=1S/C7H11NO4/c8-5(7(11)12)3-1-2-4-6(9)10/h3H,1-2,4,8H2,(H,9,10)(H,11,12). The van der Waals surface area contributed by atoms with Crippen molar-refractivity contribution in [3.05, 3.63) is 11.8 Å². The van der Waals surface area contributed by atoms with E-state index >= 15 is 0 Å². The molecule has 5 nitrogen and oxygen atoms in total. The molecule has 0 atom stereocenters. The van der Waals surface area contributed by atoms with Crippen LogP contribution in [0.5, 0.6) is 0 Å². The SMILES string of the molecule is NC(=CCCCC(=O)O)C(=O)O. The third-order valence-electron chi connectivity index (χ3n) is 1.21. The molecular formula is C7H11NO4. The van der Waals surface area contributed by atoms with E-state index in [9.17, 15) is 9.59 Å². The van der Waals surface area contributed by atoms with Crippen LogP contribution in [0.4, 0.5) is 0 Å². The first-order chi connectivity index (χ1) is 5.54. The fourth-order valence-electron chi connectivity index (χ4n) is 0.598. The third-order valence-corrected chi connectivity index (χ3v) is 1.21. The topological polar surface area (TPSA) is 101 Å². The van der Waals surface area contributed by atoms with Crippen molar-refractivity contribution in [1.29, 1.82) is 0 Å². The smallest absolute Gasteiger partial charge is 0.351 e. The summed E-state index contributed by atoms with van der Waals surface area (Å²) in [5, 5.41) is 16.5. The van der Waals surface area contributed by atoms with Gasteiger partial charge in [-0.1, -0.05) is 6.08 Å². The summed E-state index contributed by atoms with van der Waals surface area (Å²) in [6.45, 7) is 0. The molecule has 4 N–H and O–H groups in total. The van der Waals surface area contributed by atoms with E-state index in [4.69, 9.17) is 15.9 Å². The molecule has 5 heteroatoms. The highest BCUT2D eigenvalue weighted by Crippen LogP contribution is 1.98. The van der Waals surface area contributed by atoms with Crippen LogP contribution >= 0.6 is 0 Å². The Kier molecular flexibility index (Phi) is 4.52. The molecule has 0 aliphatic heterocycles. The van der Waals surface area contributed by atoms with Crippen molar-refractivity contribution < 1.29 is 19.8 Å². The van der Waals surface area contributed by atoms with E-state index in [2.05, 4.69) is 0 Å². The van der Waals surface area contributed by atoms with Crippen LogP contribution in [0.1, 0.15) is 19.3 Å². The summed E-state index contributed by atoms with van der Waals surface area (Å²) in [5.74, 6) is -2.07. The minimum absolute atomic E-state index is 0.0311. The van der Waals surface area contributed by atoms with E-state index in [-0.39, 0.29) is 12.1 Å². The van der Waals surface area contributed by atoms with Crippen LogP contribution in [0.15, 0.2) is 11.8 Å². The van der Waals surface area contributed by atoms with Gasteiger partial charge in [-0.15, -0.1) is 0 Å². The number of hydrogen-bond donors (Lipinski definition) is 3. The Morgan fingerprint density at radius 2 is 1.92 bits per heavy atom. The number of carboxylic acid groups (broad SMARTS) is 2. The minimum atomic E-state index is -1.18. The first-order valence-corrected chi connectivity index (χ1v) is 3.44. The predicted molar refractivity (Wildman–Crippen MR) is 41.4 cm³/mol. The van der Waals surface area contributed by atoms with Gasteiger partial charge in [-0.05, 0) is 12.8 Å². The second kappa shape index (κ2) is 5.17. The molecule has 0 heterocycles. The molecule has 0 rings (SSSR count). The van der Waals surface area contributed by atoms with Gasteiger partial charge >= 0.3 is 11.9 Å². The van der Waals surface area contributed by atoms with Gasteiger partial charge in [0.1, 0.15) is 5.70 Å². The van der Waals surface area contributed by atoms with Gasteiger partial charge in [0.25, 0.3) is 0 Å². The lowest BCUT2D eigenvalue weighted by atomic mass is 10.2. The predicted octanol–water partition coefficient (Wildman–Crippen LogP) is 0.168. The van der Waals surface area contributed by atoms with Crippen molar-refractivity contribution >= 4 is 11.9 Å². The van der Waals surface area contributed by atoms with Gasteiger partial charge < -0.3 is 15.9 Å². The van der Waals surface area contributed by atoms with Crippen molar-refractivity contribution in [2.45, 2.75) is 19.3 Å². The normalized spacial score (nSPS) is 11.2. The minimum Gasteiger partial charge on any atom is -0.481 e. The summed E-state index contributed by atoms with van der Waals surface area (Å²) in [4.78, 5) is 20.1. The number of allylic oxidation sites excluding steroid dienone is 1. The lowest BCUT2D eigenvalue weighted by Gasteiger charge is -1.93. The molecule has 0 saturated heterocycles. The molecule has 0 aliphatic carbocycles. The molecule has 68 valence electrons. The van der Waals surface area contributed by atoms with Crippen LogP contribution < -0.4 is 5.73 Å². The van der Waals surface area contributed by atoms with E-state index in [1.54, 1.807) is 0 Å². The van der Waals surface area contributed by atoms with Crippen LogP contribution in [-0.2, 0) is 9.59 Å². The van der Waals surface area contributed by atoms with Gasteiger partial charge in [0.15, 0.2) is 0 Å². The summed E-state index contributed by atoms with van der Waals surface area (Å²) >= 11 is 0. The number of rotatable bonds is 5. The molecule has 0 spiro atoms. The van der Waals surface area contributed by atoms with Gasteiger partial charge in [-0.2, -0.15) is 0 Å². The zero-order chi connectivity index (χ0) is 9.56. The number of hydrogen-bond acceptors (Lipinski definition) is 3. The molecule has 0 aromatic rings. The maximum atomic E-state index is 10.1. The summed E-state index contributed by atoms with van der Waals surface area (Å²) in [6, 6.07) is 0. The van der Waals surface area contributed by atoms with Crippen LogP contribution in [0.3, 0.4) is 0 Å². The Labute approximate surface area is 69.5 Å². The van der Waals surface area contributed by atoms with E-state index in [1.807, 2.05) is 0 Å². The first-order valence-electron chi connectivity index (χ1n) is 3.44. The molecule has 12 heavy (non-hydrogen) atoms. The van der Waals surface area contributed by atoms with Crippen LogP contribution in [0, 0.1) is 0 Å². The molecule has 0 aliphatic rings. The number of unbranched alkanes of at least 4 members (excludes halogenated alkanes) is 1. The van der Waals surface area contributed by atoms with Crippen LogP contribution in [0.25, 0.3) is 0 Å². The Morgan fingerprint density at radius 1 is 1.33 bits per heavy atom. The second-order valence-electron chi connectivity index (χ2n) is 2.25. The van der Waals surface area contributed by atoms with Gasteiger partial charge in [0.05, 0.1) is 0 Å². The third kappa shape index (κ3) is 5.28. The number of carboxylic acids is 2. The maximum Gasteiger partial charge on any atom is 0.351 e. The largest absolute Gasteiger partial charge is 0.481 e. The Morgan fingerprint density at radius 3 is 2.33 bits per heavy atom. The quantitative estimate of drug-likeness (QED) is 0.406. The fraction of sp³-hybridized carbons (Fsp3) is 0.429. The highest BCUT2D eigenvalue weighted by atomic mass is 16.4. The molecule has 0 unspecified atom stereocenters. The molecule has 0 saturated carbocycles. The summed E-state index contributed by atoms with van der Waals surface area (Å²) < 4.78 is 0. The lowest BCUT2D eigenvalue weighted by Crippen LogP contribution is -2.09. The molecule has 0 fully saturated rings. The van der Waals surface area contributed by atoms with E-state index in [1.165, 1.54) is 6.08 Å². The molecule has 0 radical (unpaired) electrons. The monoisotopic (exact) mass is 173 g/mol. The number of aliphatic carboxylic acids is 2. The molecular weight excluding hydrogens is 162 g/mol. The fourth-order valence-corrected chi connectivity index (χ4v) is 0.598. The zero-order valence-corrected chi connectivity index (χ0v) is 6.49. The Bertz CT molecular complexity index is 209. The second-order valence-corrected chi connectivity index (χ2v) is 2.25. The lowest BCUT2D eigenvalue weighted by molar-refractivity contribution is -0.137. The number of carbonyl (C=O) groups is 2. The molecule has 0 amide bonds. The van der Waals surface area contributed by atoms with Gasteiger partial charge in [-0.3, -0.25) is 4.79 Å². The van der Waals surface area contributed by atoms with Gasteiger partial charge in [0.2, 0.25) is 0 Å². The van der Waals surface area contributed by atoms with E-state index in [0.29, 0.717) is 12.8 Å². The van der Waals surface area contributed by atoms with Crippen molar-refractivity contribution in [3.63, 3.8) is 0 Å². The average Bonchev–Trinajstić information content (AvgIpc) is 1.97. The van der Waals surface area contributed by atoms with Crippen LogP contribution in [-0.4, -0.2) is 22.2 Å². The molecule has 0 aromatic carbocycles. The van der Waals surface area contributed by atoms with Crippen LogP contribution in [0.2, 0.25) is 0 Å². The zero-order valence-electron chi connectivity index (χ0n) is 6.49. The van der Waals surface area contributed by atoms with Crippen molar-refractivity contribution in [2.24, 2.45) is 5.73 Å². The summed E-state index contributed by atoms with van der Waals surface area (Å²) in [6.07, 6.45) is 2.13. The highest BCUT2D eigenvalue weighted by molar-refractivity contribution is 5.85. The van der Waals surface area contributed by atoms with Gasteiger partial charge in [0, 0.05) is 6.42 Å². The van der Waals surface area contributed by atoms with Crippen molar-refractivity contribution in [2.75, 3.05) is 0 Å². The summed E-state index contributed by atoms with van der Waals surface area (Å²) in [7, 11) is 0. The van der Waals surface area contributed by atoms with Crippen molar-refractivity contribution in [1.82, 2.24) is 0 Å². The maximum absolute atomic E-state index is 10.1. The summed E-state index contributed by atoms with van der Waals surface area (Å²) in [5.41, 5.74) is 4.81.